The van der Waals surface area contributed by atoms with Gasteiger partial charge >= 0.3 is 0 Å². The second kappa shape index (κ2) is 9.83. The van der Waals surface area contributed by atoms with E-state index in [0.717, 1.165) is 18.3 Å². The quantitative estimate of drug-likeness (QED) is 0.596. The van der Waals surface area contributed by atoms with Crippen molar-refractivity contribution in [2.75, 3.05) is 5.75 Å². The van der Waals surface area contributed by atoms with E-state index >= 15 is 0 Å². The number of rotatable bonds is 8. The summed E-state index contributed by atoms with van der Waals surface area (Å²) < 4.78 is 12.6. The van der Waals surface area contributed by atoms with Crippen molar-refractivity contribution in [2.45, 2.75) is 64.3 Å². The molecule has 2 rings (SSSR count). The summed E-state index contributed by atoms with van der Waals surface area (Å²) in [4.78, 5) is 26.3. The van der Waals surface area contributed by atoms with Crippen molar-refractivity contribution in [3.63, 3.8) is 0 Å². The van der Waals surface area contributed by atoms with Crippen molar-refractivity contribution >= 4 is 34.6 Å². The van der Waals surface area contributed by atoms with Crippen LogP contribution in [0.4, 0.5) is 0 Å². The molecule has 0 radical (unpaired) electrons. The highest BCUT2D eigenvalue weighted by atomic mass is 35.5. The molecule has 0 aromatic heterocycles. The fourth-order valence-electron chi connectivity index (χ4n) is 3.68. The maximum absolute atomic E-state index is 13.3. The number of hydrogen-bond acceptors (Lipinski definition) is 3. The molecule has 1 fully saturated rings. The molecule has 1 amide bonds. The first-order chi connectivity index (χ1) is 12.8. The Hall–Kier alpha value is -1.20. The van der Waals surface area contributed by atoms with Crippen molar-refractivity contribution in [3.05, 3.63) is 34.9 Å². The Balaban J connectivity index is 2.41. The first kappa shape index (κ1) is 22.1. The van der Waals surface area contributed by atoms with Gasteiger partial charge in [-0.15, -0.1) is 0 Å². The number of likely N-dealkylation sites (tertiary alicyclic amines) is 1. The number of halogens is 1. The minimum atomic E-state index is -1.01. The zero-order valence-corrected chi connectivity index (χ0v) is 18.1. The van der Waals surface area contributed by atoms with Crippen LogP contribution in [-0.4, -0.2) is 38.3 Å². The lowest BCUT2D eigenvalue weighted by Crippen LogP contribution is -2.53. The van der Waals surface area contributed by atoms with Gasteiger partial charge in [0.1, 0.15) is 6.29 Å². The molecule has 1 aliphatic heterocycles. The lowest BCUT2D eigenvalue weighted by atomic mass is 9.84. The van der Waals surface area contributed by atoms with Crippen molar-refractivity contribution in [1.29, 1.82) is 0 Å². The molecule has 6 heteroatoms. The monoisotopic (exact) mass is 411 g/mol. The molecule has 0 spiro atoms. The third-order valence-corrected chi connectivity index (χ3v) is 7.32. The van der Waals surface area contributed by atoms with Gasteiger partial charge in [-0.3, -0.25) is 9.00 Å². The number of carbonyl (C=O) groups excluding carboxylic acids is 2. The number of nitrogens with zero attached hydrogens (tertiary/aromatic N) is 1. The van der Waals surface area contributed by atoms with Crippen LogP contribution in [-0.2, 0) is 20.4 Å². The zero-order chi connectivity index (χ0) is 20.1. The van der Waals surface area contributed by atoms with Gasteiger partial charge in [-0.05, 0) is 36.5 Å². The Labute approximate surface area is 170 Å². The Morgan fingerprint density at radius 3 is 2.33 bits per heavy atom. The van der Waals surface area contributed by atoms with E-state index in [-0.39, 0.29) is 41.5 Å². The van der Waals surface area contributed by atoms with Gasteiger partial charge in [-0.25, -0.2) is 0 Å². The molecule has 0 N–H and O–H groups in total. The van der Waals surface area contributed by atoms with Gasteiger partial charge in [0.05, 0.1) is 6.04 Å². The molecule has 0 aliphatic carbocycles. The van der Waals surface area contributed by atoms with Crippen LogP contribution in [0.5, 0.6) is 0 Å². The molecule has 1 aliphatic rings. The molecule has 1 aromatic carbocycles. The predicted molar refractivity (Wildman–Crippen MR) is 111 cm³/mol. The molecular formula is C21H30ClNO3S. The van der Waals surface area contributed by atoms with E-state index in [9.17, 15) is 13.8 Å². The number of carbonyl (C=O) groups is 2. The number of amides is 1. The third kappa shape index (κ3) is 5.41. The van der Waals surface area contributed by atoms with E-state index in [4.69, 9.17) is 11.6 Å². The summed E-state index contributed by atoms with van der Waals surface area (Å²) in [5.41, 5.74) is 1.04. The molecule has 4 unspecified atom stereocenters. The van der Waals surface area contributed by atoms with Crippen molar-refractivity contribution in [2.24, 2.45) is 11.8 Å². The Morgan fingerprint density at radius 1 is 1.19 bits per heavy atom. The standard InChI is InChI=1S/C21H30ClNO3S/c1-14(2)20(13-27(26)15(3)4)23-19(16-5-8-18(22)9-6-16)10-7-17(11-12-24)21(23)25/h5-6,8-9,12,14-15,17,19-20H,7,10-11,13H2,1-4H3. The lowest BCUT2D eigenvalue weighted by molar-refractivity contribution is -0.147. The van der Waals surface area contributed by atoms with Crippen LogP contribution in [0, 0.1) is 11.8 Å². The minimum Gasteiger partial charge on any atom is -0.331 e. The molecule has 0 bridgehead atoms. The van der Waals surface area contributed by atoms with Gasteiger partial charge in [0.2, 0.25) is 5.91 Å². The Kier molecular flexibility index (Phi) is 8.04. The van der Waals surface area contributed by atoms with E-state index in [1.165, 1.54) is 0 Å². The summed E-state index contributed by atoms with van der Waals surface area (Å²) >= 11 is 6.04. The smallest absolute Gasteiger partial charge is 0.226 e. The Morgan fingerprint density at radius 2 is 1.81 bits per heavy atom. The van der Waals surface area contributed by atoms with Gasteiger partial charge in [-0.1, -0.05) is 51.4 Å². The average Bonchev–Trinajstić information content (AvgIpc) is 2.62. The van der Waals surface area contributed by atoms with E-state index in [0.29, 0.717) is 17.2 Å². The average molecular weight is 412 g/mol. The maximum atomic E-state index is 13.3. The SMILES string of the molecule is CC(C)C(CS(=O)C(C)C)N1C(=O)C(CC=O)CCC1c1ccc(Cl)cc1. The summed E-state index contributed by atoms with van der Waals surface area (Å²) in [6.45, 7) is 8.02. The summed E-state index contributed by atoms with van der Waals surface area (Å²) in [5.74, 6) is 0.355. The summed E-state index contributed by atoms with van der Waals surface area (Å²) in [5, 5.41) is 0.707. The molecule has 1 heterocycles. The van der Waals surface area contributed by atoms with Crippen LogP contribution in [0.15, 0.2) is 24.3 Å². The molecule has 27 heavy (non-hydrogen) atoms. The van der Waals surface area contributed by atoms with Crippen LogP contribution in [0.2, 0.25) is 5.02 Å². The highest BCUT2D eigenvalue weighted by Gasteiger charge is 2.41. The van der Waals surface area contributed by atoms with Crippen LogP contribution in [0.3, 0.4) is 0 Å². The fraction of sp³-hybridized carbons (Fsp3) is 0.619. The molecule has 0 saturated carbocycles. The second-order valence-corrected chi connectivity index (χ2v) is 10.4. The van der Waals surface area contributed by atoms with E-state index in [1.54, 1.807) is 0 Å². The molecular weight excluding hydrogens is 382 g/mol. The summed E-state index contributed by atoms with van der Waals surface area (Å²) in [7, 11) is -1.01. The number of aldehydes is 1. The molecule has 1 saturated heterocycles. The molecule has 1 aromatic rings. The van der Waals surface area contributed by atoms with Gasteiger partial charge in [0, 0.05) is 45.2 Å². The zero-order valence-electron chi connectivity index (χ0n) is 16.6. The maximum Gasteiger partial charge on any atom is 0.226 e. The highest BCUT2D eigenvalue weighted by molar-refractivity contribution is 7.85. The van der Waals surface area contributed by atoms with Crippen LogP contribution in [0.25, 0.3) is 0 Å². The van der Waals surface area contributed by atoms with Gasteiger partial charge < -0.3 is 9.69 Å². The number of piperidine rings is 1. The predicted octanol–water partition coefficient (Wildman–Crippen LogP) is 4.39. The first-order valence-electron chi connectivity index (χ1n) is 9.64. The normalized spacial score (nSPS) is 22.9. The van der Waals surface area contributed by atoms with E-state index < -0.39 is 10.8 Å². The van der Waals surface area contributed by atoms with E-state index in [2.05, 4.69) is 13.8 Å². The molecule has 150 valence electrons. The third-order valence-electron chi connectivity index (χ3n) is 5.35. The first-order valence-corrected chi connectivity index (χ1v) is 11.4. The van der Waals surface area contributed by atoms with Crippen LogP contribution in [0.1, 0.15) is 58.6 Å². The van der Waals surface area contributed by atoms with Crippen molar-refractivity contribution in [1.82, 2.24) is 4.90 Å². The second-order valence-electron chi connectivity index (χ2n) is 7.90. The lowest BCUT2D eigenvalue weighted by Gasteiger charge is -2.45. The van der Waals surface area contributed by atoms with Crippen LogP contribution >= 0.6 is 11.6 Å². The van der Waals surface area contributed by atoms with Crippen LogP contribution < -0.4 is 0 Å². The minimum absolute atomic E-state index is 0.00718. The van der Waals surface area contributed by atoms with Gasteiger partial charge in [0.15, 0.2) is 0 Å². The summed E-state index contributed by atoms with van der Waals surface area (Å²) in [6.07, 6.45) is 2.57. The highest BCUT2D eigenvalue weighted by Crippen LogP contribution is 2.38. The largest absolute Gasteiger partial charge is 0.331 e. The Bertz CT molecular complexity index is 675. The topological polar surface area (TPSA) is 54.5 Å². The number of benzene rings is 1. The number of hydrogen-bond donors (Lipinski definition) is 0. The van der Waals surface area contributed by atoms with Crippen molar-refractivity contribution < 1.29 is 13.8 Å². The fourth-order valence-corrected chi connectivity index (χ4v) is 5.08. The molecule has 4 nitrogen and oxygen atoms in total. The van der Waals surface area contributed by atoms with Gasteiger partial charge in [0.25, 0.3) is 0 Å². The van der Waals surface area contributed by atoms with E-state index in [1.807, 2.05) is 43.0 Å². The van der Waals surface area contributed by atoms with Crippen molar-refractivity contribution in [3.8, 4) is 0 Å². The summed E-state index contributed by atoms with van der Waals surface area (Å²) in [6, 6.07) is 7.40. The molecule has 4 atom stereocenters. The van der Waals surface area contributed by atoms with Gasteiger partial charge in [-0.2, -0.15) is 0 Å².